The van der Waals surface area contributed by atoms with Gasteiger partial charge in [-0.2, -0.15) is 0 Å². The van der Waals surface area contributed by atoms with Crippen molar-refractivity contribution in [1.29, 1.82) is 0 Å². The molecule has 1 heterocycles. The first-order valence-corrected chi connectivity index (χ1v) is 6.30. The van der Waals surface area contributed by atoms with Crippen LogP contribution in [0.4, 0.5) is 0 Å². The second-order valence-corrected chi connectivity index (χ2v) is 4.74. The fourth-order valence-electron chi connectivity index (χ4n) is 2.18. The van der Waals surface area contributed by atoms with E-state index >= 15 is 0 Å². The Morgan fingerprint density at radius 1 is 1.47 bits per heavy atom. The maximum atomic E-state index is 12.0. The molecular weight excluding hydrogens is 212 g/mol. The molecule has 92 valence electrons. The van der Waals surface area contributed by atoms with Crippen molar-refractivity contribution >= 4 is 5.91 Å². The normalized spacial score (nSPS) is 21.1. The lowest BCUT2D eigenvalue weighted by molar-refractivity contribution is -0.122. The summed E-state index contributed by atoms with van der Waals surface area (Å²) in [6.07, 6.45) is 1.17. The van der Waals surface area contributed by atoms with Gasteiger partial charge in [-0.05, 0) is 37.9 Å². The van der Waals surface area contributed by atoms with Crippen LogP contribution in [-0.4, -0.2) is 25.5 Å². The molecule has 2 atom stereocenters. The number of rotatable bonds is 4. The molecule has 1 aliphatic rings. The Kier molecular flexibility index (Phi) is 4.15. The molecule has 2 N–H and O–H groups in total. The van der Waals surface area contributed by atoms with E-state index in [1.54, 1.807) is 0 Å². The second kappa shape index (κ2) is 5.82. The molecule has 3 heteroatoms. The van der Waals surface area contributed by atoms with Crippen molar-refractivity contribution in [3.63, 3.8) is 0 Å². The molecule has 0 radical (unpaired) electrons. The Balaban J connectivity index is 1.83. The summed E-state index contributed by atoms with van der Waals surface area (Å²) < 4.78 is 0. The highest BCUT2D eigenvalue weighted by Gasteiger charge is 2.18. The van der Waals surface area contributed by atoms with Gasteiger partial charge in [0.2, 0.25) is 5.91 Å². The molecule has 0 spiro atoms. The number of carbonyl (C=O) groups excluding carboxylic acids is 1. The van der Waals surface area contributed by atoms with Crippen molar-refractivity contribution in [2.45, 2.75) is 19.3 Å². The van der Waals surface area contributed by atoms with Gasteiger partial charge in [-0.1, -0.05) is 30.3 Å². The summed E-state index contributed by atoms with van der Waals surface area (Å²) >= 11 is 0. The highest BCUT2D eigenvalue weighted by molar-refractivity contribution is 5.83. The van der Waals surface area contributed by atoms with Crippen LogP contribution in [0.2, 0.25) is 0 Å². The zero-order chi connectivity index (χ0) is 12.1. The molecule has 0 aliphatic carbocycles. The minimum Gasteiger partial charge on any atom is -0.355 e. The maximum Gasteiger partial charge on any atom is 0.227 e. The van der Waals surface area contributed by atoms with E-state index in [1.807, 2.05) is 37.3 Å². The number of carbonyl (C=O) groups is 1. The van der Waals surface area contributed by atoms with Crippen molar-refractivity contribution in [1.82, 2.24) is 10.6 Å². The van der Waals surface area contributed by atoms with Crippen LogP contribution in [0.3, 0.4) is 0 Å². The monoisotopic (exact) mass is 232 g/mol. The third-order valence-electron chi connectivity index (χ3n) is 3.42. The lowest BCUT2D eigenvalue weighted by Crippen LogP contribution is -2.33. The van der Waals surface area contributed by atoms with Crippen LogP contribution in [0, 0.1) is 5.92 Å². The predicted octanol–water partition coefficient (Wildman–Crippen LogP) is 1.52. The van der Waals surface area contributed by atoms with Crippen molar-refractivity contribution in [3.8, 4) is 0 Å². The van der Waals surface area contributed by atoms with Crippen LogP contribution in [0.15, 0.2) is 30.3 Å². The molecular formula is C14H20N2O. The number of hydrogen-bond acceptors (Lipinski definition) is 2. The number of nitrogens with one attached hydrogen (secondary N) is 2. The van der Waals surface area contributed by atoms with E-state index in [4.69, 9.17) is 0 Å². The molecule has 3 nitrogen and oxygen atoms in total. The largest absolute Gasteiger partial charge is 0.355 e. The van der Waals surface area contributed by atoms with E-state index < -0.39 is 0 Å². The van der Waals surface area contributed by atoms with Crippen LogP contribution < -0.4 is 10.6 Å². The number of hydrogen-bond donors (Lipinski definition) is 2. The molecule has 2 unspecified atom stereocenters. The van der Waals surface area contributed by atoms with E-state index in [0.29, 0.717) is 5.92 Å². The van der Waals surface area contributed by atoms with Gasteiger partial charge in [-0.25, -0.2) is 0 Å². The number of amides is 1. The van der Waals surface area contributed by atoms with Crippen molar-refractivity contribution in [2.24, 2.45) is 5.92 Å². The fraction of sp³-hybridized carbons (Fsp3) is 0.500. The predicted molar refractivity (Wildman–Crippen MR) is 68.8 cm³/mol. The molecule has 1 aliphatic heterocycles. The molecule has 0 saturated carbocycles. The van der Waals surface area contributed by atoms with Gasteiger partial charge in [-0.3, -0.25) is 4.79 Å². The summed E-state index contributed by atoms with van der Waals surface area (Å²) in [5, 5.41) is 6.35. The zero-order valence-corrected chi connectivity index (χ0v) is 10.3. The van der Waals surface area contributed by atoms with Crippen LogP contribution in [0.5, 0.6) is 0 Å². The third-order valence-corrected chi connectivity index (χ3v) is 3.42. The van der Waals surface area contributed by atoms with Crippen LogP contribution in [0.25, 0.3) is 0 Å². The zero-order valence-electron chi connectivity index (χ0n) is 10.3. The van der Waals surface area contributed by atoms with Crippen molar-refractivity contribution < 1.29 is 4.79 Å². The third kappa shape index (κ3) is 3.30. The van der Waals surface area contributed by atoms with Gasteiger partial charge in [0.15, 0.2) is 0 Å². The SMILES string of the molecule is CC(C(=O)NCC1CCNC1)c1ccccc1. The summed E-state index contributed by atoms with van der Waals surface area (Å²) in [7, 11) is 0. The number of benzene rings is 1. The lowest BCUT2D eigenvalue weighted by Gasteiger charge is -2.14. The van der Waals surface area contributed by atoms with Gasteiger partial charge in [0.1, 0.15) is 0 Å². The second-order valence-electron chi connectivity index (χ2n) is 4.74. The summed E-state index contributed by atoms with van der Waals surface area (Å²) in [5.74, 6) is 0.663. The highest BCUT2D eigenvalue weighted by Crippen LogP contribution is 2.14. The van der Waals surface area contributed by atoms with E-state index in [0.717, 1.165) is 25.2 Å². The quantitative estimate of drug-likeness (QED) is 0.826. The lowest BCUT2D eigenvalue weighted by atomic mass is 10.00. The van der Waals surface area contributed by atoms with Gasteiger partial charge in [-0.15, -0.1) is 0 Å². The van der Waals surface area contributed by atoms with Crippen LogP contribution in [-0.2, 0) is 4.79 Å². The maximum absolute atomic E-state index is 12.0. The Hall–Kier alpha value is -1.35. The summed E-state index contributed by atoms with van der Waals surface area (Å²) in [6, 6.07) is 9.92. The van der Waals surface area contributed by atoms with Crippen LogP contribution >= 0.6 is 0 Å². The van der Waals surface area contributed by atoms with Gasteiger partial charge < -0.3 is 10.6 Å². The average molecular weight is 232 g/mol. The van der Waals surface area contributed by atoms with E-state index in [1.165, 1.54) is 6.42 Å². The molecule has 1 aromatic rings. The molecule has 1 aromatic carbocycles. The minimum absolute atomic E-state index is 0.0643. The molecule has 2 rings (SSSR count). The topological polar surface area (TPSA) is 41.1 Å². The standard InChI is InChI=1S/C14H20N2O/c1-11(13-5-3-2-4-6-13)14(17)16-10-12-7-8-15-9-12/h2-6,11-12,15H,7-10H2,1H3,(H,16,17). The van der Waals surface area contributed by atoms with E-state index in [2.05, 4.69) is 10.6 Å². The van der Waals surface area contributed by atoms with Gasteiger partial charge in [0.25, 0.3) is 0 Å². The average Bonchev–Trinajstić information content (AvgIpc) is 2.89. The highest BCUT2D eigenvalue weighted by atomic mass is 16.1. The Labute approximate surface area is 103 Å². The minimum atomic E-state index is -0.0643. The van der Waals surface area contributed by atoms with E-state index in [9.17, 15) is 4.79 Å². The first-order chi connectivity index (χ1) is 8.27. The summed E-state index contributed by atoms with van der Waals surface area (Å²) in [6.45, 7) is 4.86. The smallest absolute Gasteiger partial charge is 0.227 e. The molecule has 17 heavy (non-hydrogen) atoms. The molecule has 0 bridgehead atoms. The Bertz CT molecular complexity index is 358. The van der Waals surface area contributed by atoms with Crippen molar-refractivity contribution in [2.75, 3.05) is 19.6 Å². The fourth-order valence-corrected chi connectivity index (χ4v) is 2.18. The van der Waals surface area contributed by atoms with Gasteiger partial charge >= 0.3 is 0 Å². The van der Waals surface area contributed by atoms with Crippen LogP contribution in [0.1, 0.15) is 24.8 Å². The van der Waals surface area contributed by atoms with Gasteiger partial charge in [0, 0.05) is 6.54 Å². The molecule has 0 aromatic heterocycles. The van der Waals surface area contributed by atoms with Crippen molar-refractivity contribution in [3.05, 3.63) is 35.9 Å². The molecule has 1 amide bonds. The molecule has 1 fully saturated rings. The summed E-state index contributed by atoms with van der Waals surface area (Å²) in [4.78, 5) is 12.0. The summed E-state index contributed by atoms with van der Waals surface area (Å²) in [5.41, 5.74) is 1.08. The first kappa shape index (κ1) is 12.1. The van der Waals surface area contributed by atoms with Gasteiger partial charge in [0.05, 0.1) is 5.92 Å². The Morgan fingerprint density at radius 3 is 2.88 bits per heavy atom. The first-order valence-electron chi connectivity index (χ1n) is 6.30. The van der Waals surface area contributed by atoms with E-state index in [-0.39, 0.29) is 11.8 Å². The Morgan fingerprint density at radius 2 is 2.24 bits per heavy atom. The molecule has 1 saturated heterocycles.